The van der Waals surface area contributed by atoms with Gasteiger partial charge in [-0.3, -0.25) is 0 Å². The Labute approximate surface area is 126 Å². The van der Waals surface area contributed by atoms with Gasteiger partial charge in [-0.15, -0.1) is 23.5 Å². The summed E-state index contributed by atoms with van der Waals surface area (Å²) >= 11 is 3.83. The molecule has 2 aliphatic heterocycles. The average molecular weight is 302 g/mol. The van der Waals surface area contributed by atoms with E-state index in [4.69, 9.17) is 9.47 Å². The van der Waals surface area contributed by atoms with Crippen LogP contribution in [0.1, 0.15) is 0 Å². The quantitative estimate of drug-likeness (QED) is 0.789. The van der Waals surface area contributed by atoms with Gasteiger partial charge in [0.15, 0.2) is 11.5 Å². The van der Waals surface area contributed by atoms with E-state index in [2.05, 4.69) is 24.3 Å². The maximum atomic E-state index is 6.13. The van der Waals surface area contributed by atoms with Crippen LogP contribution in [0.3, 0.4) is 0 Å². The molecule has 2 heterocycles. The predicted octanol–water partition coefficient (Wildman–Crippen LogP) is 4.09. The molecule has 20 heavy (non-hydrogen) atoms. The molecule has 2 aliphatic rings. The fraction of sp³-hybridized carbons (Fsp3) is 0.250. The third kappa shape index (κ3) is 2.27. The largest absolute Gasteiger partial charge is 0.486 e. The van der Waals surface area contributed by atoms with Crippen molar-refractivity contribution in [2.45, 2.75) is 21.1 Å². The lowest BCUT2D eigenvalue weighted by Crippen LogP contribution is -2.40. The van der Waals surface area contributed by atoms with E-state index in [9.17, 15) is 0 Å². The number of fused-ring (bicyclic) bond motifs is 2. The zero-order valence-electron chi connectivity index (χ0n) is 10.8. The van der Waals surface area contributed by atoms with Crippen LogP contribution in [0, 0.1) is 0 Å². The number of rotatable bonds is 1. The normalized spacial score (nSPS) is 24.0. The second-order valence-corrected chi connectivity index (χ2v) is 7.17. The van der Waals surface area contributed by atoms with Gasteiger partial charge < -0.3 is 9.47 Å². The number of benzene rings is 2. The molecule has 4 rings (SSSR count). The molecule has 4 heteroatoms. The van der Waals surface area contributed by atoms with Crippen LogP contribution in [0.5, 0.6) is 11.5 Å². The van der Waals surface area contributed by atoms with E-state index in [1.165, 1.54) is 9.79 Å². The van der Waals surface area contributed by atoms with Crippen molar-refractivity contribution in [1.29, 1.82) is 0 Å². The van der Waals surface area contributed by atoms with Crippen molar-refractivity contribution in [3.63, 3.8) is 0 Å². The SMILES string of the molecule is c1ccc2c(c1)OCC(C1CSc3ccccc3S1)O2. The van der Waals surface area contributed by atoms with Crippen LogP contribution >= 0.6 is 23.5 Å². The summed E-state index contributed by atoms with van der Waals surface area (Å²) in [6, 6.07) is 16.5. The Balaban J connectivity index is 1.53. The molecule has 102 valence electrons. The smallest absolute Gasteiger partial charge is 0.161 e. The zero-order valence-corrected chi connectivity index (χ0v) is 12.5. The minimum absolute atomic E-state index is 0.121. The number of para-hydroxylation sites is 2. The van der Waals surface area contributed by atoms with E-state index in [-0.39, 0.29) is 6.10 Å². The van der Waals surface area contributed by atoms with Crippen LogP contribution in [-0.2, 0) is 0 Å². The lowest BCUT2D eigenvalue weighted by atomic mass is 10.2. The van der Waals surface area contributed by atoms with Crippen molar-refractivity contribution in [3.8, 4) is 11.5 Å². The third-order valence-corrected chi connectivity index (χ3v) is 6.39. The fourth-order valence-corrected chi connectivity index (χ4v) is 5.13. The Kier molecular flexibility index (Phi) is 3.28. The van der Waals surface area contributed by atoms with Crippen LogP contribution in [0.4, 0.5) is 0 Å². The first kappa shape index (κ1) is 12.5. The van der Waals surface area contributed by atoms with Crippen molar-refractivity contribution in [2.75, 3.05) is 12.4 Å². The maximum Gasteiger partial charge on any atom is 0.161 e. The number of ether oxygens (including phenoxy) is 2. The number of hydrogen-bond donors (Lipinski definition) is 0. The Morgan fingerprint density at radius 3 is 2.55 bits per heavy atom. The summed E-state index contributed by atoms with van der Waals surface area (Å²) in [5.41, 5.74) is 0. The molecule has 2 atom stereocenters. The molecule has 0 spiro atoms. The van der Waals surface area contributed by atoms with Crippen molar-refractivity contribution in [3.05, 3.63) is 48.5 Å². The molecule has 0 aliphatic carbocycles. The summed E-state index contributed by atoms with van der Waals surface area (Å²) in [7, 11) is 0. The highest BCUT2D eigenvalue weighted by Gasteiger charge is 2.32. The summed E-state index contributed by atoms with van der Waals surface area (Å²) in [5.74, 6) is 2.79. The van der Waals surface area contributed by atoms with Gasteiger partial charge in [-0.05, 0) is 24.3 Å². The molecular formula is C16H14O2S2. The van der Waals surface area contributed by atoms with Gasteiger partial charge in [0.05, 0.1) is 5.25 Å². The molecule has 0 aromatic heterocycles. The first-order chi connectivity index (χ1) is 9.90. The Morgan fingerprint density at radius 2 is 1.65 bits per heavy atom. The van der Waals surface area contributed by atoms with Gasteiger partial charge in [-0.2, -0.15) is 0 Å². The van der Waals surface area contributed by atoms with Gasteiger partial charge in [0.25, 0.3) is 0 Å². The lowest BCUT2D eigenvalue weighted by Gasteiger charge is -2.34. The molecular weight excluding hydrogens is 288 g/mol. The highest BCUT2D eigenvalue weighted by atomic mass is 32.2. The molecule has 2 aromatic rings. The van der Waals surface area contributed by atoms with E-state index < -0.39 is 0 Å². The lowest BCUT2D eigenvalue weighted by molar-refractivity contribution is 0.0928. The van der Waals surface area contributed by atoms with Gasteiger partial charge in [0, 0.05) is 15.5 Å². The van der Waals surface area contributed by atoms with Crippen LogP contribution in [0.15, 0.2) is 58.3 Å². The highest BCUT2D eigenvalue weighted by molar-refractivity contribution is 8.06. The third-order valence-electron chi connectivity index (χ3n) is 3.48. The zero-order chi connectivity index (χ0) is 13.4. The van der Waals surface area contributed by atoms with Crippen molar-refractivity contribution < 1.29 is 9.47 Å². The second kappa shape index (κ2) is 5.26. The predicted molar refractivity (Wildman–Crippen MR) is 83.2 cm³/mol. The summed E-state index contributed by atoms with van der Waals surface area (Å²) in [6.07, 6.45) is 0.121. The van der Waals surface area contributed by atoms with Crippen LogP contribution in [0.2, 0.25) is 0 Å². The Morgan fingerprint density at radius 1 is 0.900 bits per heavy atom. The summed E-state index contributed by atoms with van der Waals surface area (Å²) < 4.78 is 12.0. The monoisotopic (exact) mass is 302 g/mol. The Hall–Kier alpha value is -1.26. The minimum Gasteiger partial charge on any atom is -0.486 e. The standard InChI is InChI=1S/C16H14O2S2/c1-2-6-12-11(5-1)17-9-13(18-12)16-10-19-14-7-3-4-8-15(14)20-16/h1-8,13,16H,9-10H2. The molecule has 2 aromatic carbocycles. The van der Waals surface area contributed by atoms with Crippen molar-refractivity contribution in [2.24, 2.45) is 0 Å². The highest BCUT2D eigenvalue weighted by Crippen LogP contribution is 2.43. The minimum atomic E-state index is 0.121. The number of hydrogen-bond acceptors (Lipinski definition) is 4. The first-order valence-electron chi connectivity index (χ1n) is 6.67. The molecule has 0 bridgehead atoms. The van der Waals surface area contributed by atoms with E-state index in [1.54, 1.807) is 0 Å². The van der Waals surface area contributed by atoms with E-state index in [0.717, 1.165) is 17.3 Å². The molecule has 0 saturated carbocycles. The summed E-state index contributed by atoms with van der Waals surface area (Å²) in [5, 5.41) is 0.434. The van der Waals surface area contributed by atoms with Gasteiger partial charge in [0.1, 0.15) is 12.7 Å². The van der Waals surface area contributed by atoms with Gasteiger partial charge in [-0.1, -0.05) is 24.3 Å². The van der Waals surface area contributed by atoms with Crippen molar-refractivity contribution in [1.82, 2.24) is 0 Å². The molecule has 0 fully saturated rings. The van der Waals surface area contributed by atoms with Crippen LogP contribution in [-0.4, -0.2) is 23.7 Å². The van der Waals surface area contributed by atoms with Crippen molar-refractivity contribution >= 4 is 23.5 Å². The fourth-order valence-electron chi connectivity index (χ4n) is 2.44. The van der Waals surface area contributed by atoms with Crippen LogP contribution in [0.25, 0.3) is 0 Å². The molecule has 0 radical (unpaired) electrons. The first-order valence-corrected chi connectivity index (χ1v) is 8.54. The average Bonchev–Trinajstić information content (AvgIpc) is 2.54. The molecule has 2 unspecified atom stereocenters. The number of thioether (sulfide) groups is 2. The topological polar surface area (TPSA) is 18.5 Å². The van der Waals surface area contributed by atoms with E-state index in [0.29, 0.717) is 11.9 Å². The van der Waals surface area contributed by atoms with Crippen LogP contribution < -0.4 is 9.47 Å². The van der Waals surface area contributed by atoms with Gasteiger partial charge in [0.2, 0.25) is 0 Å². The molecule has 2 nitrogen and oxygen atoms in total. The summed E-state index contributed by atoms with van der Waals surface area (Å²) in [6.45, 7) is 0.636. The molecule has 0 saturated heterocycles. The Bertz CT molecular complexity index is 574. The summed E-state index contributed by atoms with van der Waals surface area (Å²) in [4.78, 5) is 2.74. The van der Waals surface area contributed by atoms with E-state index in [1.807, 2.05) is 47.8 Å². The maximum absolute atomic E-state index is 6.13. The molecule has 0 amide bonds. The van der Waals surface area contributed by atoms with Gasteiger partial charge >= 0.3 is 0 Å². The van der Waals surface area contributed by atoms with Gasteiger partial charge in [-0.25, -0.2) is 0 Å². The van der Waals surface area contributed by atoms with E-state index >= 15 is 0 Å². The molecule has 0 N–H and O–H groups in total. The second-order valence-electron chi connectivity index (χ2n) is 4.83.